The Morgan fingerprint density at radius 3 is 1.61 bits per heavy atom. The Kier molecular flexibility index (Phi) is 8.54. The van der Waals surface area contributed by atoms with E-state index in [9.17, 15) is 13.2 Å². The van der Waals surface area contributed by atoms with E-state index in [1.807, 2.05) is 91.0 Å². The van der Waals surface area contributed by atoms with E-state index in [4.69, 9.17) is 11.6 Å². The molecule has 7 heteroatoms. The highest BCUT2D eigenvalue weighted by Crippen LogP contribution is 2.18. The molecule has 184 valence electrons. The second-order valence-corrected chi connectivity index (χ2v) is 10.6. The van der Waals surface area contributed by atoms with Crippen molar-refractivity contribution in [3.63, 3.8) is 0 Å². The van der Waals surface area contributed by atoms with Gasteiger partial charge in [-0.05, 0) is 47.4 Å². The van der Waals surface area contributed by atoms with Crippen LogP contribution in [0, 0.1) is 0 Å². The summed E-state index contributed by atoms with van der Waals surface area (Å²) >= 11 is 5.94. The molecular formula is C29H27ClN2O3S. The summed E-state index contributed by atoms with van der Waals surface area (Å²) in [5.41, 5.74) is 2.77. The number of carbonyl (C=O) groups excluding carboxylic acids is 1. The summed E-state index contributed by atoms with van der Waals surface area (Å²) in [6, 6.07) is 33.6. The zero-order valence-corrected chi connectivity index (χ0v) is 21.2. The van der Waals surface area contributed by atoms with Crippen LogP contribution in [0.5, 0.6) is 0 Å². The molecule has 5 nitrogen and oxygen atoms in total. The smallest absolute Gasteiger partial charge is 0.241 e. The lowest BCUT2D eigenvalue weighted by Gasteiger charge is -2.28. The second kappa shape index (κ2) is 12.0. The molecule has 4 rings (SSSR count). The molecule has 0 fully saturated rings. The molecule has 0 unspecified atom stereocenters. The van der Waals surface area contributed by atoms with Gasteiger partial charge in [-0.25, -0.2) is 8.42 Å². The molecule has 4 aromatic rings. The van der Waals surface area contributed by atoms with Crippen molar-refractivity contribution in [3.8, 4) is 0 Å². The highest BCUT2D eigenvalue weighted by Gasteiger charge is 2.30. The molecule has 1 atom stereocenters. The van der Waals surface area contributed by atoms with E-state index in [2.05, 4.69) is 4.72 Å². The lowest BCUT2D eigenvalue weighted by Crippen LogP contribution is -2.49. The van der Waals surface area contributed by atoms with Crippen LogP contribution in [-0.2, 0) is 34.3 Å². The first kappa shape index (κ1) is 25.6. The molecule has 0 heterocycles. The minimum Gasteiger partial charge on any atom is -0.333 e. The molecule has 0 aromatic heterocycles. The zero-order chi connectivity index (χ0) is 25.4. The van der Waals surface area contributed by atoms with E-state index in [-0.39, 0.29) is 17.2 Å². The molecule has 0 saturated heterocycles. The SMILES string of the molecule is O=C([C@H](Cc1ccccc1)NS(=O)(=O)c1ccc(Cl)cc1)N(Cc1ccccc1)Cc1ccccc1. The fourth-order valence-corrected chi connectivity index (χ4v) is 5.25. The highest BCUT2D eigenvalue weighted by molar-refractivity contribution is 7.89. The molecule has 0 aliphatic rings. The van der Waals surface area contributed by atoms with Gasteiger partial charge in [0.1, 0.15) is 6.04 Å². The Morgan fingerprint density at radius 1 is 0.694 bits per heavy atom. The topological polar surface area (TPSA) is 66.5 Å². The number of rotatable bonds is 10. The van der Waals surface area contributed by atoms with Gasteiger partial charge in [-0.15, -0.1) is 0 Å². The molecule has 4 aromatic carbocycles. The fourth-order valence-electron chi connectivity index (χ4n) is 3.94. The average molecular weight is 519 g/mol. The maximum Gasteiger partial charge on any atom is 0.241 e. The lowest BCUT2D eigenvalue weighted by molar-refractivity contribution is -0.134. The highest BCUT2D eigenvalue weighted by atomic mass is 35.5. The van der Waals surface area contributed by atoms with Crippen LogP contribution in [0.3, 0.4) is 0 Å². The summed E-state index contributed by atoms with van der Waals surface area (Å²) in [5, 5.41) is 0.433. The van der Waals surface area contributed by atoms with Gasteiger partial charge in [-0.2, -0.15) is 4.72 Å². The van der Waals surface area contributed by atoms with Crippen LogP contribution in [0.25, 0.3) is 0 Å². The number of carbonyl (C=O) groups is 1. The van der Waals surface area contributed by atoms with Crippen LogP contribution in [0.2, 0.25) is 5.02 Å². The van der Waals surface area contributed by atoms with Crippen molar-refractivity contribution in [2.75, 3.05) is 0 Å². The molecular weight excluding hydrogens is 492 g/mol. The van der Waals surface area contributed by atoms with Gasteiger partial charge >= 0.3 is 0 Å². The van der Waals surface area contributed by atoms with Crippen molar-refractivity contribution in [1.29, 1.82) is 0 Å². The van der Waals surface area contributed by atoms with Crippen LogP contribution in [0.1, 0.15) is 16.7 Å². The van der Waals surface area contributed by atoms with E-state index in [1.165, 1.54) is 24.3 Å². The maximum atomic E-state index is 14.0. The zero-order valence-electron chi connectivity index (χ0n) is 19.6. The number of benzene rings is 4. The van der Waals surface area contributed by atoms with Crippen LogP contribution < -0.4 is 4.72 Å². The summed E-state index contributed by atoms with van der Waals surface area (Å²) in [5.74, 6) is -0.302. The summed E-state index contributed by atoms with van der Waals surface area (Å²) in [7, 11) is -3.98. The van der Waals surface area contributed by atoms with Crippen molar-refractivity contribution in [3.05, 3.63) is 137 Å². The number of hydrogen-bond acceptors (Lipinski definition) is 3. The van der Waals surface area contributed by atoms with Crippen LogP contribution in [0.15, 0.2) is 120 Å². The lowest BCUT2D eigenvalue weighted by atomic mass is 10.0. The van der Waals surface area contributed by atoms with Gasteiger partial charge in [0, 0.05) is 18.1 Å². The third-order valence-electron chi connectivity index (χ3n) is 5.75. The molecule has 1 amide bonds. The first-order valence-electron chi connectivity index (χ1n) is 11.6. The minimum atomic E-state index is -3.98. The number of sulfonamides is 1. The van der Waals surface area contributed by atoms with Crippen molar-refractivity contribution in [2.24, 2.45) is 0 Å². The van der Waals surface area contributed by atoms with E-state index in [0.717, 1.165) is 16.7 Å². The van der Waals surface area contributed by atoms with Crippen molar-refractivity contribution < 1.29 is 13.2 Å². The molecule has 0 aliphatic carbocycles. The predicted molar refractivity (Wildman–Crippen MR) is 143 cm³/mol. The van der Waals surface area contributed by atoms with E-state index in [1.54, 1.807) is 4.90 Å². The Hall–Kier alpha value is -3.45. The first-order valence-corrected chi connectivity index (χ1v) is 13.5. The van der Waals surface area contributed by atoms with Crippen molar-refractivity contribution >= 4 is 27.5 Å². The fraction of sp³-hybridized carbons (Fsp3) is 0.138. The largest absolute Gasteiger partial charge is 0.333 e. The van der Waals surface area contributed by atoms with E-state index in [0.29, 0.717) is 18.1 Å². The Bertz CT molecular complexity index is 1320. The van der Waals surface area contributed by atoms with Gasteiger partial charge in [-0.1, -0.05) is 103 Å². The third-order valence-corrected chi connectivity index (χ3v) is 7.49. The van der Waals surface area contributed by atoms with Crippen LogP contribution in [-0.4, -0.2) is 25.3 Å². The second-order valence-electron chi connectivity index (χ2n) is 8.48. The van der Waals surface area contributed by atoms with Crippen LogP contribution in [0.4, 0.5) is 0 Å². The number of nitrogens with one attached hydrogen (secondary N) is 1. The van der Waals surface area contributed by atoms with Crippen LogP contribution >= 0.6 is 11.6 Å². The number of hydrogen-bond donors (Lipinski definition) is 1. The number of amides is 1. The Balaban J connectivity index is 1.67. The van der Waals surface area contributed by atoms with Gasteiger partial charge in [-0.3, -0.25) is 4.79 Å². The van der Waals surface area contributed by atoms with Gasteiger partial charge in [0.25, 0.3) is 0 Å². The average Bonchev–Trinajstić information content (AvgIpc) is 2.89. The van der Waals surface area contributed by atoms with E-state index < -0.39 is 16.1 Å². The summed E-state index contributed by atoms with van der Waals surface area (Å²) in [4.78, 5) is 15.7. The normalized spacial score (nSPS) is 12.1. The summed E-state index contributed by atoms with van der Waals surface area (Å²) in [6.07, 6.45) is 0.215. The molecule has 0 aliphatic heterocycles. The monoisotopic (exact) mass is 518 g/mol. The van der Waals surface area contributed by atoms with Gasteiger partial charge in [0.05, 0.1) is 4.90 Å². The predicted octanol–water partition coefficient (Wildman–Crippen LogP) is 5.46. The third kappa shape index (κ3) is 7.04. The van der Waals surface area contributed by atoms with Crippen molar-refractivity contribution in [1.82, 2.24) is 9.62 Å². The number of halogens is 1. The van der Waals surface area contributed by atoms with Gasteiger partial charge < -0.3 is 4.90 Å². The molecule has 0 saturated carbocycles. The molecule has 1 N–H and O–H groups in total. The quantitative estimate of drug-likeness (QED) is 0.303. The van der Waals surface area contributed by atoms with Gasteiger partial charge in [0.2, 0.25) is 15.9 Å². The standard InChI is InChI=1S/C29H27ClN2O3S/c30-26-16-18-27(19-17-26)36(34,35)31-28(20-23-10-4-1-5-11-23)29(33)32(21-24-12-6-2-7-13-24)22-25-14-8-3-9-15-25/h1-19,28,31H,20-22H2/t28-/m0/s1. The van der Waals surface area contributed by atoms with E-state index >= 15 is 0 Å². The maximum absolute atomic E-state index is 14.0. The van der Waals surface area contributed by atoms with Gasteiger partial charge in [0.15, 0.2) is 0 Å². The Labute approximate surface area is 217 Å². The Morgan fingerprint density at radius 2 is 1.14 bits per heavy atom. The van der Waals surface area contributed by atoms with Crippen molar-refractivity contribution in [2.45, 2.75) is 30.4 Å². The summed E-state index contributed by atoms with van der Waals surface area (Å²) < 4.78 is 29.2. The molecule has 0 bridgehead atoms. The molecule has 36 heavy (non-hydrogen) atoms. The molecule has 0 radical (unpaired) electrons. The first-order chi connectivity index (χ1) is 17.4. The molecule has 0 spiro atoms. The number of nitrogens with zero attached hydrogens (tertiary/aromatic N) is 1. The summed E-state index contributed by atoms with van der Waals surface area (Å²) in [6.45, 7) is 0.699. The minimum absolute atomic E-state index is 0.0513.